The summed E-state index contributed by atoms with van der Waals surface area (Å²) in [6, 6.07) is 23.2. The summed E-state index contributed by atoms with van der Waals surface area (Å²) in [5.74, 6) is -0.554. The normalized spacial score (nSPS) is 19.3. The summed E-state index contributed by atoms with van der Waals surface area (Å²) in [7, 11) is 0. The van der Waals surface area contributed by atoms with Gasteiger partial charge in [-0.05, 0) is 48.7 Å². The van der Waals surface area contributed by atoms with Crippen molar-refractivity contribution in [2.24, 2.45) is 10.1 Å². The molecular weight excluding hydrogens is 492 g/mol. The molecule has 3 aromatic carbocycles. The molecule has 0 unspecified atom stereocenters. The third-order valence-electron chi connectivity index (χ3n) is 6.16. The summed E-state index contributed by atoms with van der Waals surface area (Å²) in [4.78, 5) is 29.8. The van der Waals surface area contributed by atoms with Crippen LogP contribution in [0.5, 0.6) is 0 Å². The van der Waals surface area contributed by atoms with Crippen LogP contribution < -0.4 is 5.32 Å². The molecule has 182 valence electrons. The van der Waals surface area contributed by atoms with E-state index in [9.17, 15) is 9.59 Å². The highest BCUT2D eigenvalue weighted by atomic mass is 35.5. The van der Waals surface area contributed by atoms with Gasteiger partial charge in [-0.15, -0.1) is 0 Å². The first kappa shape index (κ1) is 24.3. The molecule has 0 saturated heterocycles. The maximum atomic E-state index is 12.8. The molecule has 2 atom stereocenters. The van der Waals surface area contributed by atoms with Gasteiger partial charge in [0.25, 0.3) is 5.91 Å². The predicted molar refractivity (Wildman–Crippen MR) is 147 cm³/mol. The van der Waals surface area contributed by atoms with Gasteiger partial charge in [-0.2, -0.15) is 10.1 Å². The van der Waals surface area contributed by atoms with Crippen molar-refractivity contribution in [2.45, 2.75) is 38.0 Å². The molecule has 0 aromatic heterocycles. The SMILES string of the molecule is Cc1ccc(C2=NN(C3=NC(=O)[C@@H](CC(=O)Nc4cccc(C)c4)S3)[C@H](c3ccccc3Cl)C2)cc1. The lowest BCUT2D eigenvalue weighted by Crippen LogP contribution is -2.25. The first-order chi connectivity index (χ1) is 17.4. The molecule has 3 aromatic rings. The van der Waals surface area contributed by atoms with Crippen molar-refractivity contribution in [3.05, 3.63) is 100 Å². The van der Waals surface area contributed by atoms with Crippen LogP contribution in [0.2, 0.25) is 5.02 Å². The second-order valence-corrected chi connectivity index (χ2v) is 10.5. The van der Waals surface area contributed by atoms with Crippen molar-refractivity contribution in [3.63, 3.8) is 0 Å². The average molecular weight is 517 g/mol. The molecule has 2 aliphatic heterocycles. The Kier molecular flexibility index (Phi) is 6.94. The molecule has 8 heteroatoms. The lowest BCUT2D eigenvalue weighted by molar-refractivity contribution is -0.121. The third kappa shape index (κ3) is 5.22. The zero-order valence-corrected chi connectivity index (χ0v) is 21.5. The van der Waals surface area contributed by atoms with Crippen LogP contribution in [0.25, 0.3) is 0 Å². The number of hydrogen-bond donors (Lipinski definition) is 1. The Balaban J connectivity index is 1.36. The summed E-state index contributed by atoms with van der Waals surface area (Å²) in [6.45, 7) is 4.01. The van der Waals surface area contributed by atoms with Crippen molar-refractivity contribution >= 4 is 51.7 Å². The van der Waals surface area contributed by atoms with Gasteiger partial charge in [0, 0.05) is 23.6 Å². The fourth-order valence-corrected chi connectivity index (χ4v) is 5.63. The van der Waals surface area contributed by atoms with Gasteiger partial charge in [0.15, 0.2) is 5.17 Å². The van der Waals surface area contributed by atoms with E-state index in [0.29, 0.717) is 22.3 Å². The van der Waals surface area contributed by atoms with Gasteiger partial charge in [0.05, 0.1) is 11.8 Å². The van der Waals surface area contributed by atoms with Crippen LogP contribution in [0, 0.1) is 13.8 Å². The van der Waals surface area contributed by atoms with Gasteiger partial charge in [-0.25, -0.2) is 5.01 Å². The van der Waals surface area contributed by atoms with Crippen LogP contribution in [0.3, 0.4) is 0 Å². The molecule has 0 fully saturated rings. The van der Waals surface area contributed by atoms with Crippen LogP contribution in [0.1, 0.15) is 41.1 Å². The molecule has 2 aliphatic rings. The summed E-state index contributed by atoms with van der Waals surface area (Å²) in [5.41, 5.74) is 5.76. The number of nitrogens with one attached hydrogen (secondary N) is 1. The maximum absolute atomic E-state index is 12.8. The maximum Gasteiger partial charge on any atom is 0.262 e. The number of aryl methyl sites for hydroxylation is 2. The number of hydrogen-bond acceptors (Lipinski definition) is 5. The summed E-state index contributed by atoms with van der Waals surface area (Å²) in [6.07, 6.45) is 0.655. The minimum Gasteiger partial charge on any atom is -0.326 e. The molecule has 5 rings (SSSR count). The number of benzene rings is 3. The van der Waals surface area contributed by atoms with E-state index < -0.39 is 5.25 Å². The van der Waals surface area contributed by atoms with E-state index in [2.05, 4.69) is 34.6 Å². The fraction of sp³-hybridized carbons (Fsp3) is 0.214. The van der Waals surface area contributed by atoms with Crippen LogP contribution in [0.4, 0.5) is 5.69 Å². The number of anilines is 1. The van der Waals surface area contributed by atoms with Crippen LogP contribution in [-0.4, -0.2) is 33.0 Å². The van der Waals surface area contributed by atoms with E-state index in [-0.39, 0.29) is 24.3 Å². The molecule has 2 amide bonds. The van der Waals surface area contributed by atoms with Crippen molar-refractivity contribution < 1.29 is 9.59 Å². The number of nitrogens with zero attached hydrogens (tertiary/aromatic N) is 3. The Morgan fingerprint density at radius 1 is 1.06 bits per heavy atom. The van der Waals surface area contributed by atoms with Gasteiger partial charge in [0.1, 0.15) is 5.25 Å². The lowest BCUT2D eigenvalue weighted by atomic mass is 9.98. The number of halogens is 1. The van der Waals surface area contributed by atoms with Crippen LogP contribution in [0.15, 0.2) is 82.9 Å². The number of thioether (sulfide) groups is 1. The number of carbonyl (C=O) groups is 2. The Bertz CT molecular complexity index is 1390. The van der Waals surface area contributed by atoms with Crippen molar-refractivity contribution in [1.82, 2.24) is 5.01 Å². The topological polar surface area (TPSA) is 74.1 Å². The minimum absolute atomic E-state index is 0.0313. The molecule has 1 N–H and O–H groups in total. The molecule has 0 bridgehead atoms. The Morgan fingerprint density at radius 3 is 2.58 bits per heavy atom. The Labute approximate surface area is 219 Å². The smallest absolute Gasteiger partial charge is 0.262 e. The monoisotopic (exact) mass is 516 g/mol. The largest absolute Gasteiger partial charge is 0.326 e. The predicted octanol–water partition coefficient (Wildman–Crippen LogP) is 6.13. The van der Waals surface area contributed by atoms with Gasteiger partial charge in [-0.1, -0.05) is 83.5 Å². The van der Waals surface area contributed by atoms with Gasteiger partial charge < -0.3 is 5.32 Å². The third-order valence-corrected chi connectivity index (χ3v) is 7.64. The van der Waals surface area contributed by atoms with Crippen molar-refractivity contribution in [2.75, 3.05) is 5.32 Å². The molecule has 36 heavy (non-hydrogen) atoms. The van der Waals surface area contributed by atoms with Gasteiger partial charge in [-0.3, -0.25) is 9.59 Å². The Morgan fingerprint density at radius 2 is 1.83 bits per heavy atom. The quantitative estimate of drug-likeness (QED) is 0.442. The fourth-order valence-electron chi connectivity index (χ4n) is 4.30. The zero-order valence-electron chi connectivity index (χ0n) is 19.9. The average Bonchev–Trinajstić information content (AvgIpc) is 3.44. The lowest BCUT2D eigenvalue weighted by Gasteiger charge is -2.23. The van der Waals surface area contributed by atoms with E-state index in [0.717, 1.165) is 22.4 Å². The molecule has 0 radical (unpaired) electrons. The van der Waals surface area contributed by atoms with Gasteiger partial charge in [0.2, 0.25) is 5.91 Å². The number of amides is 2. The number of hydrazone groups is 1. The highest BCUT2D eigenvalue weighted by Crippen LogP contribution is 2.40. The number of rotatable bonds is 5. The van der Waals surface area contributed by atoms with E-state index in [1.807, 2.05) is 62.4 Å². The van der Waals surface area contributed by atoms with Crippen molar-refractivity contribution in [3.8, 4) is 0 Å². The number of carbonyl (C=O) groups excluding carboxylic acids is 2. The first-order valence-corrected chi connectivity index (χ1v) is 13.0. The van der Waals surface area contributed by atoms with Crippen LogP contribution in [-0.2, 0) is 9.59 Å². The van der Waals surface area contributed by atoms with Gasteiger partial charge >= 0.3 is 0 Å². The first-order valence-electron chi connectivity index (χ1n) is 11.7. The summed E-state index contributed by atoms with van der Waals surface area (Å²) >= 11 is 7.84. The second-order valence-electron chi connectivity index (χ2n) is 8.96. The van der Waals surface area contributed by atoms with Crippen LogP contribution >= 0.6 is 23.4 Å². The molecule has 0 saturated carbocycles. The Hall–Kier alpha value is -3.42. The summed E-state index contributed by atoms with van der Waals surface area (Å²) < 4.78 is 0. The highest BCUT2D eigenvalue weighted by Gasteiger charge is 2.39. The number of aliphatic imine (C=N–C) groups is 1. The molecule has 0 spiro atoms. The molecular formula is C28H25ClN4O2S. The van der Waals surface area contributed by atoms with E-state index >= 15 is 0 Å². The standard InChI is InChI=1S/C28H25ClN4O2S/c1-17-10-12-19(13-11-17)23-15-24(21-8-3-4-9-22(21)29)33(32-23)28-31-27(35)25(36-28)16-26(34)30-20-7-5-6-18(2)14-20/h3-14,24-25H,15-16H2,1-2H3,(H,30,34)/t24-,25+/m0/s1. The molecule has 0 aliphatic carbocycles. The second kappa shape index (κ2) is 10.3. The minimum atomic E-state index is -0.602. The molecule has 2 heterocycles. The summed E-state index contributed by atoms with van der Waals surface area (Å²) in [5, 5.41) is 10.1. The van der Waals surface area contributed by atoms with E-state index in [1.165, 1.54) is 17.3 Å². The molecule has 6 nitrogen and oxygen atoms in total. The zero-order chi connectivity index (χ0) is 25.2. The van der Waals surface area contributed by atoms with E-state index in [4.69, 9.17) is 16.7 Å². The van der Waals surface area contributed by atoms with Crippen molar-refractivity contribution in [1.29, 1.82) is 0 Å². The highest BCUT2D eigenvalue weighted by molar-refractivity contribution is 8.15. The number of amidine groups is 1. The van der Waals surface area contributed by atoms with E-state index in [1.54, 1.807) is 5.01 Å².